The molecule has 0 aliphatic rings. The number of esters is 1. The Morgan fingerprint density at radius 3 is 2.65 bits per heavy atom. The molecule has 17 heavy (non-hydrogen) atoms. The number of thioether (sulfide) groups is 1. The first-order chi connectivity index (χ1) is 7.99. The summed E-state index contributed by atoms with van der Waals surface area (Å²) < 4.78 is 4.68. The lowest BCUT2D eigenvalue weighted by molar-refractivity contribution is -0.140. The molecule has 6 heteroatoms. The number of hydrogen-bond donors (Lipinski definition) is 1. The molecule has 1 aromatic rings. The first-order valence-corrected chi connectivity index (χ1v) is 6.19. The smallest absolute Gasteiger partial charge is 0.319 e. The maximum absolute atomic E-state index is 11.5. The minimum Gasteiger partial charge on any atom is -0.468 e. The van der Waals surface area contributed by atoms with E-state index in [0.717, 1.165) is 0 Å². The SMILES string of the molecule is CC[C@H](Sc1nc(C)c(C)c(=O)[nH]1)C(=O)OC. The summed E-state index contributed by atoms with van der Waals surface area (Å²) in [6.45, 7) is 5.37. The van der Waals surface area contributed by atoms with Crippen molar-refractivity contribution in [2.75, 3.05) is 7.11 Å². The second-order valence-electron chi connectivity index (χ2n) is 3.62. The van der Waals surface area contributed by atoms with Crippen molar-refractivity contribution in [3.63, 3.8) is 0 Å². The van der Waals surface area contributed by atoms with Crippen LogP contribution in [0.15, 0.2) is 9.95 Å². The third-order valence-electron chi connectivity index (χ3n) is 2.46. The molecule has 0 aliphatic carbocycles. The molecule has 1 heterocycles. The molecule has 0 fully saturated rings. The Balaban J connectivity index is 2.95. The summed E-state index contributed by atoms with van der Waals surface area (Å²) in [6, 6.07) is 0. The van der Waals surface area contributed by atoms with Crippen LogP contribution in [0.1, 0.15) is 24.6 Å². The number of aromatic nitrogens is 2. The molecule has 0 aromatic carbocycles. The molecule has 1 aromatic heterocycles. The van der Waals surface area contributed by atoms with Crippen LogP contribution in [0.2, 0.25) is 0 Å². The van der Waals surface area contributed by atoms with Crippen LogP contribution in [0, 0.1) is 13.8 Å². The third-order valence-corrected chi connectivity index (χ3v) is 3.69. The van der Waals surface area contributed by atoms with Gasteiger partial charge in [0.2, 0.25) is 0 Å². The van der Waals surface area contributed by atoms with Crippen molar-refractivity contribution in [3.8, 4) is 0 Å². The van der Waals surface area contributed by atoms with Gasteiger partial charge in [0.25, 0.3) is 5.56 Å². The molecule has 0 bridgehead atoms. The molecule has 0 radical (unpaired) electrons. The summed E-state index contributed by atoms with van der Waals surface area (Å²) in [5.74, 6) is -0.307. The molecular weight excluding hydrogens is 240 g/mol. The van der Waals surface area contributed by atoms with E-state index in [1.165, 1.54) is 18.9 Å². The van der Waals surface area contributed by atoms with Crippen molar-refractivity contribution in [2.45, 2.75) is 37.6 Å². The first-order valence-electron chi connectivity index (χ1n) is 5.31. The van der Waals surface area contributed by atoms with Crippen LogP contribution < -0.4 is 5.56 Å². The molecule has 0 unspecified atom stereocenters. The van der Waals surface area contributed by atoms with Crippen LogP contribution in [0.25, 0.3) is 0 Å². The second-order valence-corrected chi connectivity index (χ2v) is 4.81. The Bertz CT molecular complexity index is 470. The van der Waals surface area contributed by atoms with E-state index < -0.39 is 0 Å². The van der Waals surface area contributed by atoms with Gasteiger partial charge in [-0.3, -0.25) is 9.59 Å². The van der Waals surface area contributed by atoms with Gasteiger partial charge in [0.15, 0.2) is 5.16 Å². The van der Waals surface area contributed by atoms with Gasteiger partial charge in [0.1, 0.15) is 5.25 Å². The number of hydrogen-bond acceptors (Lipinski definition) is 5. The van der Waals surface area contributed by atoms with Crippen molar-refractivity contribution in [3.05, 3.63) is 21.6 Å². The van der Waals surface area contributed by atoms with Crippen LogP contribution in [-0.4, -0.2) is 28.3 Å². The van der Waals surface area contributed by atoms with Gasteiger partial charge >= 0.3 is 5.97 Å². The van der Waals surface area contributed by atoms with Crippen molar-refractivity contribution >= 4 is 17.7 Å². The van der Waals surface area contributed by atoms with Crippen molar-refractivity contribution in [2.24, 2.45) is 0 Å². The molecule has 1 rings (SSSR count). The first kappa shape index (κ1) is 13.8. The molecule has 0 saturated heterocycles. The van der Waals surface area contributed by atoms with Gasteiger partial charge in [-0.2, -0.15) is 0 Å². The number of H-pyrrole nitrogens is 1. The van der Waals surface area contributed by atoms with Crippen LogP contribution in [0.3, 0.4) is 0 Å². The normalized spacial score (nSPS) is 12.2. The quantitative estimate of drug-likeness (QED) is 0.501. The number of nitrogens with zero attached hydrogens (tertiary/aromatic N) is 1. The zero-order valence-corrected chi connectivity index (χ0v) is 11.2. The highest BCUT2D eigenvalue weighted by molar-refractivity contribution is 8.00. The number of nitrogens with one attached hydrogen (secondary N) is 1. The fourth-order valence-corrected chi connectivity index (χ4v) is 2.21. The van der Waals surface area contributed by atoms with Crippen LogP contribution >= 0.6 is 11.8 Å². The topological polar surface area (TPSA) is 72.0 Å². The number of aromatic amines is 1. The monoisotopic (exact) mass is 256 g/mol. The minimum absolute atomic E-state index is 0.167. The predicted octanol–water partition coefficient (Wildman–Crippen LogP) is 1.43. The Hall–Kier alpha value is -1.30. The molecule has 0 amide bonds. The number of rotatable bonds is 4. The molecule has 1 atom stereocenters. The summed E-state index contributed by atoms with van der Waals surface area (Å²) in [7, 11) is 1.35. The Labute approximate surface area is 104 Å². The van der Waals surface area contributed by atoms with Crippen molar-refractivity contribution in [1.82, 2.24) is 9.97 Å². The number of methoxy groups -OCH3 is 1. The van der Waals surface area contributed by atoms with E-state index in [0.29, 0.717) is 22.8 Å². The second kappa shape index (κ2) is 5.86. The number of carbonyl (C=O) groups is 1. The van der Waals surface area contributed by atoms with Gasteiger partial charge in [-0.15, -0.1) is 0 Å². The maximum atomic E-state index is 11.5. The van der Waals surface area contributed by atoms with Crippen LogP contribution in [-0.2, 0) is 9.53 Å². The van der Waals surface area contributed by atoms with Crippen LogP contribution in [0.5, 0.6) is 0 Å². The van der Waals surface area contributed by atoms with Gasteiger partial charge in [0, 0.05) is 11.3 Å². The number of aryl methyl sites for hydroxylation is 1. The van der Waals surface area contributed by atoms with E-state index in [2.05, 4.69) is 14.7 Å². The highest BCUT2D eigenvalue weighted by Crippen LogP contribution is 2.22. The standard InChI is InChI=1S/C11H16N2O3S/c1-5-8(10(15)16-4)17-11-12-7(3)6(2)9(14)13-11/h8H,5H2,1-4H3,(H,12,13,14)/t8-/m0/s1. The van der Waals surface area contributed by atoms with Gasteiger partial charge in [-0.25, -0.2) is 4.98 Å². The zero-order valence-electron chi connectivity index (χ0n) is 10.4. The van der Waals surface area contributed by atoms with Crippen molar-refractivity contribution < 1.29 is 9.53 Å². The molecule has 5 nitrogen and oxygen atoms in total. The van der Waals surface area contributed by atoms with E-state index in [-0.39, 0.29) is 16.8 Å². The van der Waals surface area contributed by atoms with E-state index in [1.54, 1.807) is 13.8 Å². The van der Waals surface area contributed by atoms with Gasteiger partial charge in [-0.1, -0.05) is 18.7 Å². The molecule has 1 N–H and O–H groups in total. The Morgan fingerprint density at radius 1 is 1.53 bits per heavy atom. The lowest BCUT2D eigenvalue weighted by Gasteiger charge is -2.11. The molecule has 94 valence electrons. The van der Waals surface area contributed by atoms with Gasteiger partial charge in [0.05, 0.1) is 7.11 Å². The summed E-state index contributed by atoms with van der Waals surface area (Å²) >= 11 is 1.22. The predicted molar refractivity (Wildman–Crippen MR) is 66.3 cm³/mol. The summed E-state index contributed by atoms with van der Waals surface area (Å²) in [6.07, 6.45) is 0.619. The Kier molecular flexibility index (Phi) is 4.74. The van der Waals surface area contributed by atoms with E-state index in [4.69, 9.17) is 0 Å². The lowest BCUT2D eigenvalue weighted by atomic mass is 10.3. The molecule has 0 saturated carbocycles. The Morgan fingerprint density at radius 2 is 2.18 bits per heavy atom. The number of ether oxygens (including phenoxy) is 1. The number of carbonyl (C=O) groups excluding carboxylic acids is 1. The fraction of sp³-hybridized carbons (Fsp3) is 0.545. The fourth-order valence-electron chi connectivity index (χ4n) is 1.24. The zero-order chi connectivity index (χ0) is 13.0. The average Bonchev–Trinajstić information content (AvgIpc) is 2.31. The molecule has 0 aliphatic heterocycles. The summed E-state index contributed by atoms with van der Waals surface area (Å²) in [5.41, 5.74) is 1.11. The van der Waals surface area contributed by atoms with Gasteiger partial charge in [-0.05, 0) is 20.3 Å². The lowest BCUT2D eigenvalue weighted by Crippen LogP contribution is -2.20. The van der Waals surface area contributed by atoms with E-state index in [1.807, 2.05) is 6.92 Å². The highest BCUT2D eigenvalue weighted by atomic mass is 32.2. The maximum Gasteiger partial charge on any atom is 0.319 e. The van der Waals surface area contributed by atoms with Crippen LogP contribution in [0.4, 0.5) is 0 Å². The average molecular weight is 256 g/mol. The summed E-state index contributed by atoms with van der Waals surface area (Å²) in [4.78, 5) is 29.9. The molecular formula is C11H16N2O3S. The highest BCUT2D eigenvalue weighted by Gasteiger charge is 2.20. The third kappa shape index (κ3) is 3.33. The van der Waals surface area contributed by atoms with E-state index in [9.17, 15) is 9.59 Å². The molecule has 0 spiro atoms. The minimum atomic E-state index is -0.342. The largest absolute Gasteiger partial charge is 0.468 e. The van der Waals surface area contributed by atoms with Crippen molar-refractivity contribution in [1.29, 1.82) is 0 Å². The van der Waals surface area contributed by atoms with E-state index >= 15 is 0 Å². The summed E-state index contributed by atoms with van der Waals surface area (Å²) in [5, 5.41) is 0.112. The van der Waals surface area contributed by atoms with Gasteiger partial charge < -0.3 is 9.72 Å².